The predicted molar refractivity (Wildman–Crippen MR) is 81.1 cm³/mol. The van der Waals surface area contributed by atoms with Crippen molar-refractivity contribution in [1.82, 2.24) is 4.98 Å². The van der Waals surface area contributed by atoms with Crippen LogP contribution in [-0.2, 0) is 11.8 Å². The summed E-state index contributed by atoms with van der Waals surface area (Å²) in [5, 5.41) is 0. The number of nitrogens with zero attached hydrogens (tertiary/aromatic N) is 1. The van der Waals surface area contributed by atoms with Gasteiger partial charge in [-0.25, -0.2) is 4.39 Å². The fourth-order valence-electron chi connectivity index (χ4n) is 2.41. The smallest absolute Gasteiger partial charge is 0.123 e. The highest BCUT2D eigenvalue weighted by Gasteiger charge is 2.39. The highest BCUT2D eigenvalue weighted by atomic mass is 19.1. The van der Waals surface area contributed by atoms with Gasteiger partial charge in [-0.1, -0.05) is 45.9 Å². The summed E-state index contributed by atoms with van der Waals surface area (Å²) in [5.74, 6) is -0.185. The van der Waals surface area contributed by atoms with Crippen LogP contribution in [0, 0.1) is 11.2 Å². The number of hydrogen-bond acceptors (Lipinski definition) is 1. The van der Waals surface area contributed by atoms with Crippen molar-refractivity contribution in [2.24, 2.45) is 5.41 Å². The lowest BCUT2D eigenvalue weighted by atomic mass is 9.63. The first-order valence-corrected chi connectivity index (χ1v) is 6.99. The van der Waals surface area contributed by atoms with Gasteiger partial charge in [0.25, 0.3) is 0 Å². The third kappa shape index (κ3) is 2.90. The number of rotatable bonds is 4. The van der Waals surface area contributed by atoms with Gasteiger partial charge in [0.05, 0.1) is 0 Å². The second-order valence-corrected chi connectivity index (χ2v) is 6.53. The van der Waals surface area contributed by atoms with E-state index >= 15 is 0 Å². The molecule has 2 aromatic rings. The summed E-state index contributed by atoms with van der Waals surface area (Å²) in [6.07, 6.45) is 2.72. The quantitative estimate of drug-likeness (QED) is 0.780. The second kappa shape index (κ2) is 5.35. The molecule has 0 aliphatic heterocycles. The maximum atomic E-state index is 13.0. The Morgan fingerprint density at radius 3 is 2.15 bits per heavy atom. The third-order valence-electron chi connectivity index (χ3n) is 4.56. The molecule has 2 rings (SSSR count). The molecule has 0 atom stereocenters. The van der Waals surface area contributed by atoms with Gasteiger partial charge in [-0.3, -0.25) is 4.98 Å². The van der Waals surface area contributed by atoms with E-state index in [1.165, 1.54) is 12.1 Å². The van der Waals surface area contributed by atoms with Gasteiger partial charge in [0.15, 0.2) is 0 Å². The summed E-state index contributed by atoms with van der Waals surface area (Å²) in [6.45, 7) is 8.92. The molecule has 1 aromatic carbocycles. The molecular weight excluding hydrogens is 249 g/mol. The molecule has 1 aromatic heterocycles. The minimum atomic E-state index is -0.185. The SMILES string of the molecule is CC(C)(Cc1ccc(F)cc1)C(C)(C)c1ccccn1. The topological polar surface area (TPSA) is 12.9 Å². The van der Waals surface area contributed by atoms with E-state index in [0.29, 0.717) is 0 Å². The summed E-state index contributed by atoms with van der Waals surface area (Å²) in [4.78, 5) is 4.51. The lowest BCUT2D eigenvalue weighted by Crippen LogP contribution is -2.39. The van der Waals surface area contributed by atoms with Crippen LogP contribution in [0.4, 0.5) is 4.39 Å². The van der Waals surface area contributed by atoms with Crippen molar-refractivity contribution in [1.29, 1.82) is 0 Å². The molecule has 106 valence electrons. The molecule has 0 bridgehead atoms. The van der Waals surface area contributed by atoms with E-state index < -0.39 is 0 Å². The summed E-state index contributed by atoms with van der Waals surface area (Å²) in [7, 11) is 0. The Labute approximate surface area is 120 Å². The van der Waals surface area contributed by atoms with Crippen molar-refractivity contribution in [2.45, 2.75) is 39.5 Å². The van der Waals surface area contributed by atoms with Crippen molar-refractivity contribution in [3.8, 4) is 0 Å². The van der Waals surface area contributed by atoms with Crippen LogP contribution in [0.2, 0.25) is 0 Å². The Morgan fingerprint density at radius 1 is 0.950 bits per heavy atom. The molecule has 0 fully saturated rings. The Bertz CT molecular complexity index is 556. The van der Waals surface area contributed by atoms with Crippen LogP contribution in [-0.4, -0.2) is 4.98 Å². The average molecular weight is 271 g/mol. The van der Waals surface area contributed by atoms with E-state index in [0.717, 1.165) is 17.7 Å². The average Bonchev–Trinajstić information content (AvgIpc) is 2.42. The molecule has 0 aliphatic rings. The molecule has 0 aliphatic carbocycles. The van der Waals surface area contributed by atoms with Crippen molar-refractivity contribution in [3.63, 3.8) is 0 Å². The lowest BCUT2D eigenvalue weighted by Gasteiger charge is -2.41. The van der Waals surface area contributed by atoms with E-state index in [9.17, 15) is 4.39 Å². The largest absolute Gasteiger partial charge is 0.261 e. The molecule has 1 heterocycles. The molecule has 0 radical (unpaired) electrons. The van der Waals surface area contributed by atoms with Gasteiger partial charge in [0.2, 0.25) is 0 Å². The van der Waals surface area contributed by atoms with Crippen LogP contribution in [0.1, 0.15) is 39.0 Å². The molecule has 0 spiro atoms. The van der Waals surface area contributed by atoms with Crippen molar-refractivity contribution in [3.05, 3.63) is 65.7 Å². The molecule has 1 nitrogen and oxygen atoms in total. The molecule has 0 unspecified atom stereocenters. The van der Waals surface area contributed by atoms with Gasteiger partial charge >= 0.3 is 0 Å². The monoisotopic (exact) mass is 271 g/mol. The Hall–Kier alpha value is -1.70. The number of halogens is 1. The van der Waals surface area contributed by atoms with Crippen LogP contribution >= 0.6 is 0 Å². The Balaban J connectivity index is 2.27. The molecular formula is C18H22FN. The van der Waals surface area contributed by atoms with Crippen LogP contribution in [0.5, 0.6) is 0 Å². The number of benzene rings is 1. The summed E-state index contributed by atoms with van der Waals surface area (Å²) in [6, 6.07) is 12.8. The summed E-state index contributed by atoms with van der Waals surface area (Å²) >= 11 is 0. The van der Waals surface area contributed by atoms with Gasteiger partial charge in [-0.05, 0) is 41.7 Å². The zero-order chi connectivity index (χ0) is 14.8. The minimum Gasteiger partial charge on any atom is -0.261 e. The molecule has 0 saturated carbocycles. The summed E-state index contributed by atoms with van der Waals surface area (Å²) in [5.41, 5.74) is 2.19. The highest BCUT2D eigenvalue weighted by molar-refractivity contribution is 5.23. The minimum absolute atomic E-state index is 0.0131. The maximum absolute atomic E-state index is 13.0. The Morgan fingerprint density at radius 2 is 1.60 bits per heavy atom. The summed E-state index contributed by atoms with van der Waals surface area (Å²) < 4.78 is 13.0. The van der Waals surface area contributed by atoms with Gasteiger partial charge in [-0.2, -0.15) is 0 Å². The Kier molecular flexibility index (Phi) is 3.94. The first-order chi connectivity index (χ1) is 9.33. The van der Waals surface area contributed by atoms with Crippen LogP contribution in [0.25, 0.3) is 0 Å². The van der Waals surface area contributed by atoms with Crippen molar-refractivity contribution in [2.75, 3.05) is 0 Å². The van der Waals surface area contributed by atoms with E-state index in [4.69, 9.17) is 0 Å². The first kappa shape index (κ1) is 14.7. The first-order valence-electron chi connectivity index (χ1n) is 6.99. The van der Waals surface area contributed by atoms with Gasteiger partial charge in [-0.15, -0.1) is 0 Å². The van der Waals surface area contributed by atoms with Crippen molar-refractivity contribution < 1.29 is 4.39 Å². The number of hydrogen-bond donors (Lipinski definition) is 0. The van der Waals surface area contributed by atoms with E-state index in [2.05, 4.69) is 38.7 Å². The fraction of sp³-hybridized carbons (Fsp3) is 0.389. The lowest BCUT2D eigenvalue weighted by molar-refractivity contribution is 0.191. The van der Waals surface area contributed by atoms with Gasteiger partial charge < -0.3 is 0 Å². The highest BCUT2D eigenvalue weighted by Crippen LogP contribution is 2.42. The number of pyridine rings is 1. The zero-order valence-electron chi connectivity index (χ0n) is 12.7. The second-order valence-electron chi connectivity index (χ2n) is 6.53. The van der Waals surface area contributed by atoms with Crippen molar-refractivity contribution >= 4 is 0 Å². The fourth-order valence-corrected chi connectivity index (χ4v) is 2.41. The van der Waals surface area contributed by atoms with Crippen LogP contribution in [0.15, 0.2) is 48.7 Å². The molecule has 0 saturated heterocycles. The standard InChI is InChI=1S/C18H22FN/c1-17(2,13-14-8-10-15(19)11-9-14)18(3,4)16-7-5-6-12-20-16/h5-12H,13H2,1-4H3. The van der Waals surface area contributed by atoms with E-state index in [1.807, 2.05) is 30.5 Å². The molecule has 0 amide bonds. The predicted octanol–water partition coefficient (Wildman–Crippen LogP) is 4.77. The molecule has 20 heavy (non-hydrogen) atoms. The molecule has 0 N–H and O–H groups in total. The molecule has 2 heteroatoms. The van der Waals surface area contributed by atoms with E-state index in [-0.39, 0.29) is 16.6 Å². The van der Waals surface area contributed by atoms with Crippen LogP contribution < -0.4 is 0 Å². The third-order valence-corrected chi connectivity index (χ3v) is 4.56. The van der Waals surface area contributed by atoms with Gasteiger partial charge in [0, 0.05) is 17.3 Å². The maximum Gasteiger partial charge on any atom is 0.123 e. The van der Waals surface area contributed by atoms with E-state index in [1.54, 1.807) is 0 Å². The normalized spacial score (nSPS) is 12.4. The van der Waals surface area contributed by atoms with Gasteiger partial charge in [0.1, 0.15) is 5.82 Å². The zero-order valence-corrected chi connectivity index (χ0v) is 12.7. The number of aromatic nitrogens is 1. The van der Waals surface area contributed by atoms with Crippen LogP contribution in [0.3, 0.4) is 0 Å².